The van der Waals surface area contributed by atoms with Crippen LogP contribution in [0.2, 0.25) is 5.02 Å². The zero-order valence-electron chi connectivity index (χ0n) is 9.81. The highest BCUT2D eigenvalue weighted by Crippen LogP contribution is 2.20. The van der Waals surface area contributed by atoms with Crippen molar-refractivity contribution in [1.29, 1.82) is 0 Å². The maximum atomic E-state index is 12.2. The van der Waals surface area contributed by atoms with Gasteiger partial charge < -0.3 is 0 Å². The van der Waals surface area contributed by atoms with Gasteiger partial charge in [0.05, 0.1) is 4.90 Å². The topological polar surface area (TPSA) is 46.2 Å². The third-order valence-electron chi connectivity index (χ3n) is 2.44. The molecule has 2 rings (SSSR count). The SMILES string of the molecule is O=S(=O)(Nc1cccc(CBr)c1)c1cccc(Cl)c1. The van der Waals surface area contributed by atoms with Crippen LogP contribution in [0.1, 0.15) is 5.56 Å². The maximum Gasteiger partial charge on any atom is 0.261 e. The average molecular weight is 361 g/mol. The average Bonchev–Trinajstić information content (AvgIpc) is 2.38. The third kappa shape index (κ3) is 3.72. The van der Waals surface area contributed by atoms with E-state index in [9.17, 15) is 8.42 Å². The first kappa shape index (κ1) is 14.4. The van der Waals surface area contributed by atoms with Crippen LogP contribution in [0.15, 0.2) is 53.4 Å². The van der Waals surface area contributed by atoms with Crippen molar-refractivity contribution in [2.24, 2.45) is 0 Å². The van der Waals surface area contributed by atoms with Gasteiger partial charge in [-0.15, -0.1) is 0 Å². The summed E-state index contributed by atoms with van der Waals surface area (Å²) in [6.45, 7) is 0. The molecule has 0 saturated heterocycles. The van der Waals surface area contributed by atoms with E-state index in [1.54, 1.807) is 30.3 Å². The third-order valence-corrected chi connectivity index (χ3v) is 4.70. The smallest absolute Gasteiger partial charge is 0.261 e. The molecule has 0 saturated carbocycles. The second-order valence-electron chi connectivity index (χ2n) is 3.90. The molecule has 0 amide bonds. The van der Waals surface area contributed by atoms with Crippen LogP contribution in [-0.4, -0.2) is 8.42 Å². The highest BCUT2D eigenvalue weighted by atomic mass is 79.9. The van der Waals surface area contributed by atoms with Gasteiger partial charge in [0.1, 0.15) is 0 Å². The highest BCUT2D eigenvalue weighted by Gasteiger charge is 2.14. The van der Waals surface area contributed by atoms with Crippen LogP contribution in [0, 0.1) is 0 Å². The molecule has 3 nitrogen and oxygen atoms in total. The number of hydrogen-bond acceptors (Lipinski definition) is 2. The van der Waals surface area contributed by atoms with E-state index in [0.717, 1.165) is 5.56 Å². The van der Waals surface area contributed by atoms with Gasteiger partial charge in [0, 0.05) is 16.0 Å². The molecule has 0 aromatic heterocycles. The Morgan fingerprint density at radius 3 is 2.53 bits per heavy atom. The molecule has 100 valence electrons. The van der Waals surface area contributed by atoms with Crippen LogP contribution < -0.4 is 4.72 Å². The first-order valence-electron chi connectivity index (χ1n) is 5.44. The molecule has 0 aliphatic carbocycles. The molecule has 0 aliphatic rings. The summed E-state index contributed by atoms with van der Waals surface area (Å²) in [5.41, 5.74) is 1.52. The van der Waals surface area contributed by atoms with Crippen LogP contribution in [0.3, 0.4) is 0 Å². The van der Waals surface area contributed by atoms with Gasteiger partial charge >= 0.3 is 0 Å². The Morgan fingerprint density at radius 2 is 1.84 bits per heavy atom. The maximum absolute atomic E-state index is 12.2. The predicted molar refractivity (Wildman–Crippen MR) is 81.3 cm³/mol. The van der Waals surface area contributed by atoms with Crippen LogP contribution in [0.25, 0.3) is 0 Å². The van der Waals surface area contributed by atoms with Gasteiger partial charge in [-0.2, -0.15) is 0 Å². The van der Waals surface area contributed by atoms with E-state index in [-0.39, 0.29) is 4.90 Å². The molecule has 6 heteroatoms. The van der Waals surface area contributed by atoms with Gasteiger partial charge in [-0.1, -0.05) is 45.7 Å². The van der Waals surface area contributed by atoms with Gasteiger partial charge in [-0.3, -0.25) is 4.72 Å². The van der Waals surface area contributed by atoms with Gasteiger partial charge in [-0.05, 0) is 35.9 Å². The fraction of sp³-hybridized carbons (Fsp3) is 0.0769. The van der Waals surface area contributed by atoms with Gasteiger partial charge in [0.25, 0.3) is 10.0 Å². The number of rotatable bonds is 4. The van der Waals surface area contributed by atoms with Crippen molar-refractivity contribution in [2.75, 3.05) is 4.72 Å². The Labute approximate surface area is 125 Å². The van der Waals surface area contributed by atoms with Crippen LogP contribution in [0.4, 0.5) is 5.69 Å². The predicted octanol–water partition coefficient (Wildman–Crippen LogP) is 4.04. The normalized spacial score (nSPS) is 11.3. The Balaban J connectivity index is 2.31. The summed E-state index contributed by atoms with van der Waals surface area (Å²) < 4.78 is 26.9. The van der Waals surface area contributed by atoms with Gasteiger partial charge in [0.2, 0.25) is 0 Å². The van der Waals surface area contributed by atoms with Crippen molar-refractivity contribution < 1.29 is 8.42 Å². The minimum absolute atomic E-state index is 0.143. The Hall–Kier alpha value is -1.04. The molecule has 0 unspecified atom stereocenters. The summed E-state index contributed by atoms with van der Waals surface area (Å²) in [5.74, 6) is 0. The lowest BCUT2D eigenvalue weighted by atomic mass is 10.2. The highest BCUT2D eigenvalue weighted by molar-refractivity contribution is 9.08. The minimum atomic E-state index is -3.61. The van der Waals surface area contributed by atoms with E-state index in [4.69, 9.17) is 11.6 Å². The molecule has 0 radical (unpaired) electrons. The number of benzene rings is 2. The lowest BCUT2D eigenvalue weighted by molar-refractivity contribution is 0.601. The molecular weight excluding hydrogens is 350 g/mol. The largest absolute Gasteiger partial charge is 0.280 e. The summed E-state index contributed by atoms with van der Waals surface area (Å²) in [6.07, 6.45) is 0. The minimum Gasteiger partial charge on any atom is -0.280 e. The van der Waals surface area contributed by atoms with E-state index in [1.165, 1.54) is 12.1 Å². The fourth-order valence-electron chi connectivity index (χ4n) is 1.57. The van der Waals surface area contributed by atoms with Gasteiger partial charge in [0.15, 0.2) is 0 Å². The number of nitrogens with one attached hydrogen (secondary N) is 1. The van der Waals surface area contributed by atoms with Crippen molar-refractivity contribution >= 4 is 43.2 Å². The Bertz CT molecular complexity index is 689. The van der Waals surface area contributed by atoms with Crippen LogP contribution >= 0.6 is 27.5 Å². The molecule has 0 atom stereocenters. The van der Waals surface area contributed by atoms with E-state index in [0.29, 0.717) is 16.0 Å². The summed E-state index contributed by atoms with van der Waals surface area (Å²) in [6, 6.07) is 13.3. The number of anilines is 1. The van der Waals surface area contributed by atoms with Gasteiger partial charge in [-0.25, -0.2) is 8.42 Å². The number of sulfonamides is 1. The second kappa shape index (κ2) is 5.94. The zero-order valence-corrected chi connectivity index (χ0v) is 13.0. The van der Waals surface area contributed by atoms with E-state index in [2.05, 4.69) is 20.7 Å². The lowest BCUT2D eigenvalue weighted by Crippen LogP contribution is -2.12. The van der Waals surface area contributed by atoms with Crippen molar-refractivity contribution in [3.05, 3.63) is 59.1 Å². The molecule has 19 heavy (non-hydrogen) atoms. The summed E-state index contributed by atoms with van der Waals surface area (Å²) in [7, 11) is -3.61. The van der Waals surface area contributed by atoms with Crippen molar-refractivity contribution in [2.45, 2.75) is 10.2 Å². The standard InChI is InChI=1S/C13H11BrClNO2S/c14-9-10-3-1-5-12(7-10)16-19(17,18)13-6-2-4-11(15)8-13/h1-8,16H,9H2. The zero-order chi connectivity index (χ0) is 13.9. The monoisotopic (exact) mass is 359 g/mol. The van der Waals surface area contributed by atoms with Crippen LogP contribution in [0.5, 0.6) is 0 Å². The van der Waals surface area contributed by atoms with E-state index in [1.807, 2.05) is 6.07 Å². The fourth-order valence-corrected chi connectivity index (χ4v) is 3.26. The molecule has 0 spiro atoms. The Morgan fingerprint density at radius 1 is 1.11 bits per heavy atom. The van der Waals surface area contributed by atoms with Crippen molar-refractivity contribution in [1.82, 2.24) is 0 Å². The quantitative estimate of drug-likeness (QED) is 0.837. The number of hydrogen-bond donors (Lipinski definition) is 1. The molecule has 1 N–H and O–H groups in total. The first-order valence-corrected chi connectivity index (χ1v) is 8.43. The Kier molecular flexibility index (Phi) is 4.50. The molecule has 0 fully saturated rings. The van der Waals surface area contributed by atoms with Crippen molar-refractivity contribution in [3.63, 3.8) is 0 Å². The molecular formula is C13H11BrClNO2S. The summed E-state index contributed by atoms with van der Waals surface area (Å²) >= 11 is 9.13. The first-order chi connectivity index (χ1) is 9.01. The lowest BCUT2D eigenvalue weighted by Gasteiger charge is -2.09. The number of alkyl halides is 1. The molecule has 0 heterocycles. The van der Waals surface area contributed by atoms with E-state index >= 15 is 0 Å². The second-order valence-corrected chi connectivity index (χ2v) is 6.58. The summed E-state index contributed by atoms with van der Waals surface area (Å²) in [4.78, 5) is 0.143. The molecule has 2 aromatic carbocycles. The van der Waals surface area contributed by atoms with Crippen molar-refractivity contribution in [3.8, 4) is 0 Å². The molecule has 0 bridgehead atoms. The van der Waals surface area contributed by atoms with Crippen LogP contribution in [-0.2, 0) is 15.4 Å². The summed E-state index contributed by atoms with van der Waals surface area (Å²) in [5, 5.41) is 1.05. The number of halogens is 2. The molecule has 0 aliphatic heterocycles. The molecule has 2 aromatic rings. The van der Waals surface area contributed by atoms with E-state index < -0.39 is 10.0 Å².